The highest BCUT2D eigenvalue weighted by atomic mass is 19.4. The third-order valence-corrected chi connectivity index (χ3v) is 5.22. The molecule has 1 saturated heterocycles. The molecule has 160 valence electrons. The van der Waals surface area contributed by atoms with E-state index in [9.17, 15) is 18.0 Å². The summed E-state index contributed by atoms with van der Waals surface area (Å²) in [5.74, 6) is -1.76. The quantitative estimate of drug-likeness (QED) is 0.776. The predicted molar refractivity (Wildman–Crippen MR) is 104 cm³/mol. The standard InChI is InChI=1S/C20H22F3N5O2/c21-20(22,23)19-26-12-15(17(27-19)28-7-9-30-10-8-28)18(29)24-6-5-13-11-25-16-4-2-1-3-14(13)16/h2,4,11-12,25H,1,3,5-10H2,(H,24,29). The van der Waals surface area contributed by atoms with E-state index in [1.54, 1.807) is 4.90 Å². The number of aromatic amines is 1. The summed E-state index contributed by atoms with van der Waals surface area (Å²) in [6.07, 6.45) is 4.93. The number of halogens is 3. The second kappa shape index (κ2) is 8.47. The number of nitrogens with one attached hydrogen (secondary N) is 2. The number of hydrogen-bond acceptors (Lipinski definition) is 5. The van der Waals surface area contributed by atoms with Crippen molar-refractivity contribution in [3.63, 3.8) is 0 Å². The number of amides is 1. The lowest BCUT2D eigenvalue weighted by molar-refractivity contribution is -0.144. The summed E-state index contributed by atoms with van der Waals surface area (Å²) < 4.78 is 44.5. The Hall–Kier alpha value is -2.88. The number of rotatable bonds is 5. The molecule has 7 nitrogen and oxygen atoms in total. The lowest BCUT2D eigenvalue weighted by atomic mass is 9.99. The van der Waals surface area contributed by atoms with Crippen LogP contribution in [0.15, 0.2) is 18.5 Å². The summed E-state index contributed by atoms with van der Waals surface area (Å²) in [5, 5.41) is 2.79. The first kappa shape index (κ1) is 20.4. The molecule has 2 aromatic rings. The molecule has 2 aromatic heterocycles. The van der Waals surface area contributed by atoms with Crippen molar-refractivity contribution in [2.24, 2.45) is 0 Å². The molecular weight excluding hydrogens is 399 g/mol. The van der Waals surface area contributed by atoms with E-state index in [-0.39, 0.29) is 11.4 Å². The number of hydrogen-bond donors (Lipinski definition) is 2. The van der Waals surface area contributed by atoms with Gasteiger partial charge in [0, 0.05) is 37.7 Å². The number of carbonyl (C=O) groups excluding carboxylic acids is 1. The molecule has 0 bridgehead atoms. The molecule has 3 heterocycles. The van der Waals surface area contributed by atoms with Crippen LogP contribution in [0.25, 0.3) is 6.08 Å². The van der Waals surface area contributed by atoms with E-state index in [4.69, 9.17) is 4.74 Å². The van der Waals surface area contributed by atoms with Crippen molar-refractivity contribution in [2.45, 2.75) is 25.4 Å². The van der Waals surface area contributed by atoms with Crippen LogP contribution in [0.3, 0.4) is 0 Å². The van der Waals surface area contributed by atoms with Crippen molar-refractivity contribution in [1.29, 1.82) is 0 Å². The Morgan fingerprint density at radius 1 is 1.30 bits per heavy atom. The number of alkyl halides is 3. The summed E-state index contributed by atoms with van der Waals surface area (Å²) in [6, 6.07) is 0. The number of carbonyl (C=O) groups is 1. The number of aromatic nitrogens is 3. The molecule has 1 aliphatic heterocycles. The van der Waals surface area contributed by atoms with Gasteiger partial charge in [0.2, 0.25) is 5.82 Å². The van der Waals surface area contributed by atoms with Gasteiger partial charge < -0.3 is 19.9 Å². The Morgan fingerprint density at radius 3 is 2.87 bits per heavy atom. The van der Waals surface area contributed by atoms with Crippen LogP contribution in [0, 0.1) is 0 Å². The van der Waals surface area contributed by atoms with Crippen molar-refractivity contribution in [1.82, 2.24) is 20.3 Å². The Balaban J connectivity index is 1.48. The van der Waals surface area contributed by atoms with Crippen molar-refractivity contribution >= 4 is 17.8 Å². The normalized spacial score (nSPS) is 16.4. The molecule has 1 fully saturated rings. The fourth-order valence-electron chi connectivity index (χ4n) is 3.70. The molecular formula is C20H22F3N5O2. The van der Waals surface area contributed by atoms with Gasteiger partial charge in [-0.25, -0.2) is 9.97 Å². The highest BCUT2D eigenvalue weighted by Crippen LogP contribution is 2.29. The van der Waals surface area contributed by atoms with Crippen LogP contribution in [0.5, 0.6) is 0 Å². The van der Waals surface area contributed by atoms with Crippen LogP contribution < -0.4 is 10.2 Å². The summed E-state index contributed by atoms with van der Waals surface area (Å²) in [4.78, 5) is 24.6. The van der Waals surface area contributed by atoms with Crippen LogP contribution in [0.4, 0.5) is 19.0 Å². The predicted octanol–water partition coefficient (Wildman–Crippen LogP) is 2.59. The summed E-state index contributed by atoms with van der Waals surface area (Å²) >= 11 is 0. The fraction of sp³-hybridized carbons (Fsp3) is 0.450. The Bertz CT molecular complexity index is 948. The maximum absolute atomic E-state index is 13.1. The van der Waals surface area contributed by atoms with Crippen LogP contribution in [0.1, 0.15) is 39.4 Å². The first-order chi connectivity index (χ1) is 14.4. The van der Waals surface area contributed by atoms with Gasteiger partial charge in [-0.1, -0.05) is 6.08 Å². The number of allylic oxidation sites excluding steroid dienone is 1. The molecule has 1 aliphatic carbocycles. The summed E-state index contributed by atoms with van der Waals surface area (Å²) in [7, 11) is 0. The first-order valence-corrected chi connectivity index (χ1v) is 9.84. The lowest BCUT2D eigenvalue weighted by Gasteiger charge is -2.29. The zero-order valence-corrected chi connectivity index (χ0v) is 16.3. The van der Waals surface area contributed by atoms with E-state index >= 15 is 0 Å². The topological polar surface area (TPSA) is 83.1 Å². The van der Waals surface area contributed by atoms with Gasteiger partial charge in [0.05, 0.1) is 13.2 Å². The summed E-state index contributed by atoms with van der Waals surface area (Å²) in [6.45, 7) is 1.80. The smallest absolute Gasteiger partial charge is 0.378 e. The number of fused-ring (bicyclic) bond motifs is 1. The first-order valence-electron chi connectivity index (χ1n) is 9.84. The maximum Gasteiger partial charge on any atom is 0.451 e. The van der Waals surface area contributed by atoms with Gasteiger partial charge in [0.25, 0.3) is 5.91 Å². The van der Waals surface area contributed by atoms with Crippen LogP contribution in [0.2, 0.25) is 0 Å². The number of nitrogens with zero attached hydrogens (tertiary/aromatic N) is 3. The van der Waals surface area contributed by atoms with E-state index in [0.29, 0.717) is 39.3 Å². The van der Waals surface area contributed by atoms with Gasteiger partial charge in [0.1, 0.15) is 11.4 Å². The fourth-order valence-corrected chi connectivity index (χ4v) is 3.70. The molecule has 0 unspecified atom stereocenters. The molecule has 10 heteroatoms. The van der Waals surface area contributed by atoms with Crippen molar-refractivity contribution in [3.05, 3.63) is 46.7 Å². The van der Waals surface area contributed by atoms with Gasteiger partial charge in [-0.15, -0.1) is 0 Å². The number of anilines is 1. The van der Waals surface area contributed by atoms with Crippen molar-refractivity contribution in [3.8, 4) is 0 Å². The molecule has 2 N–H and O–H groups in total. The molecule has 0 aromatic carbocycles. The Morgan fingerprint density at radius 2 is 2.10 bits per heavy atom. The monoisotopic (exact) mass is 421 g/mol. The third-order valence-electron chi connectivity index (χ3n) is 5.22. The SMILES string of the molecule is O=C(NCCc1c[nH]c2c1CCC=C2)c1cnc(C(F)(F)F)nc1N1CCOCC1. The van der Waals surface area contributed by atoms with Crippen molar-refractivity contribution in [2.75, 3.05) is 37.7 Å². The van der Waals surface area contributed by atoms with Gasteiger partial charge in [-0.05, 0) is 36.5 Å². The van der Waals surface area contributed by atoms with Gasteiger partial charge in [-0.3, -0.25) is 4.79 Å². The number of morpholine rings is 1. The third kappa shape index (κ3) is 4.33. The maximum atomic E-state index is 13.1. The molecule has 0 spiro atoms. The highest BCUT2D eigenvalue weighted by Gasteiger charge is 2.36. The van der Waals surface area contributed by atoms with Crippen LogP contribution in [-0.4, -0.2) is 53.7 Å². The van der Waals surface area contributed by atoms with Gasteiger partial charge in [-0.2, -0.15) is 13.2 Å². The Kier molecular flexibility index (Phi) is 5.76. The number of H-pyrrole nitrogens is 1. The minimum absolute atomic E-state index is 0.0118. The summed E-state index contributed by atoms with van der Waals surface area (Å²) in [5.41, 5.74) is 3.50. The Labute approximate surface area is 171 Å². The molecule has 0 saturated carbocycles. The van der Waals surface area contributed by atoms with Gasteiger partial charge in [0.15, 0.2) is 0 Å². The number of ether oxygens (including phenoxy) is 1. The zero-order valence-electron chi connectivity index (χ0n) is 16.3. The van der Waals surface area contributed by atoms with E-state index in [0.717, 1.165) is 30.3 Å². The van der Waals surface area contributed by atoms with E-state index in [2.05, 4.69) is 32.4 Å². The van der Waals surface area contributed by atoms with Gasteiger partial charge >= 0.3 is 6.18 Å². The highest BCUT2D eigenvalue weighted by molar-refractivity contribution is 5.98. The van der Waals surface area contributed by atoms with Crippen LogP contribution in [-0.2, 0) is 23.8 Å². The second-order valence-corrected chi connectivity index (χ2v) is 7.18. The average molecular weight is 421 g/mol. The second-order valence-electron chi connectivity index (χ2n) is 7.18. The van der Waals surface area contributed by atoms with E-state index in [1.165, 1.54) is 5.56 Å². The van der Waals surface area contributed by atoms with E-state index < -0.39 is 17.9 Å². The zero-order chi connectivity index (χ0) is 21.1. The molecule has 2 aliphatic rings. The molecule has 30 heavy (non-hydrogen) atoms. The van der Waals surface area contributed by atoms with Crippen molar-refractivity contribution < 1.29 is 22.7 Å². The lowest BCUT2D eigenvalue weighted by Crippen LogP contribution is -2.39. The van der Waals surface area contributed by atoms with Crippen LogP contribution >= 0.6 is 0 Å². The largest absolute Gasteiger partial charge is 0.451 e. The molecule has 0 atom stereocenters. The minimum Gasteiger partial charge on any atom is -0.378 e. The molecule has 1 amide bonds. The minimum atomic E-state index is -4.68. The molecule has 4 rings (SSSR count). The average Bonchev–Trinajstić information content (AvgIpc) is 3.16. The van der Waals surface area contributed by atoms with E-state index in [1.807, 2.05) is 6.20 Å². The molecule has 0 radical (unpaired) electrons.